The Balaban J connectivity index is 1.60. The number of aliphatic hydroxyl groups excluding tert-OH is 1. The molecule has 43 heavy (non-hydrogen) atoms. The molecule has 0 spiro atoms. The molecular formula is C37H51NO5. The molecule has 0 saturated carbocycles. The molecule has 2 aromatic rings. The van der Waals surface area contributed by atoms with E-state index < -0.39 is 23.5 Å². The second-order valence-electron chi connectivity index (χ2n) is 11.5. The number of ether oxygens (including phenoxy) is 2. The molecule has 1 atom stereocenters. The molecule has 1 amide bonds. The quantitative estimate of drug-likeness (QED) is 0.116. The van der Waals surface area contributed by atoms with E-state index >= 15 is 0 Å². The van der Waals surface area contributed by atoms with Gasteiger partial charge in [0, 0.05) is 12.1 Å². The monoisotopic (exact) mass is 589 g/mol. The van der Waals surface area contributed by atoms with Crippen LogP contribution < -0.4 is 9.47 Å². The minimum absolute atomic E-state index is 0.0640. The average molecular weight is 590 g/mol. The van der Waals surface area contributed by atoms with Gasteiger partial charge >= 0.3 is 0 Å². The van der Waals surface area contributed by atoms with Crippen LogP contribution in [0.25, 0.3) is 6.08 Å². The lowest BCUT2D eigenvalue weighted by Crippen LogP contribution is -2.32. The number of ketones is 1. The van der Waals surface area contributed by atoms with E-state index in [0.717, 1.165) is 24.8 Å². The number of hydrogen-bond acceptors (Lipinski definition) is 5. The summed E-state index contributed by atoms with van der Waals surface area (Å²) in [7, 11) is 3.13. The summed E-state index contributed by atoms with van der Waals surface area (Å²) >= 11 is 0. The van der Waals surface area contributed by atoms with Gasteiger partial charge in [0.05, 0.1) is 25.8 Å². The van der Waals surface area contributed by atoms with Crippen molar-refractivity contribution < 1.29 is 24.2 Å². The van der Waals surface area contributed by atoms with E-state index in [1.807, 2.05) is 30.3 Å². The summed E-state index contributed by atoms with van der Waals surface area (Å²) in [6, 6.07) is 14.0. The molecule has 0 fully saturated rings. The van der Waals surface area contributed by atoms with E-state index in [0.29, 0.717) is 23.6 Å². The third kappa shape index (κ3) is 10.3. The summed E-state index contributed by atoms with van der Waals surface area (Å²) in [6.07, 6.45) is 20.6. The molecule has 1 aliphatic heterocycles. The van der Waals surface area contributed by atoms with Gasteiger partial charge < -0.3 is 19.5 Å². The maximum Gasteiger partial charge on any atom is 0.290 e. The Labute approximate surface area is 258 Å². The van der Waals surface area contributed by atoms with Crippen LogP contribution in [0.5, 0.6) is 11.5 Å². The molecule has 0 aliphatic carbocycles. The highest BCUT2D eigenvalue weighted by molar-refractivity contribution is 6.14. The zero-order valence-electron chi connectivity index (χ0n) is 26.5. The van der Waals surface area contributed by atoms with Crippen LogP contribution in [-0.4, -0.2) is 42.5 Å². The summed E-state index contributed by atoms with van der Waals surface area (Å²) in [5.41, 5.74) is 1.53. The fraction of sp³-hybridized carbons (Fsp3) is 0.514. The first-order valence-corrected chi connectivity index (χ1v) is 16.2. The number of unbranched alkanes of at least 4 members (excludes halogenated alkanes) is 13. The summed E-state index contributed by atoms with van der Waals surface area (Å²) in [4.78, 5) is 28.5. The molecule has 0 unspecified atom stereocenters. The Hall–Kier alpha value is -3.54. The number of aliphatic hydroxyl groups is 1. The van der Waals surface area contributed by atoms with Crippen molar-refractivity contribution in [3.8, 4) is 11.5 Å². The van der Waals surface area contributed by atoms with Gasteiger partial charge in [-0.2, -0.15) is 0 Å². The molecule has 0 radical (unpaired) electrons. The lowest BCUT2D eigenvalue weighted by molar-refractivity contribution is -0.129. The minimum atomic E-state index is -0.771. The van der Waals surface area contributed by atoms with Crippen molar-refractivity contribution in [1.29, 1.82) is 0 Å². The van der Waals surface area contributed by atoms with Gasteiger partial charge in [-0.05, 0) is 36.3 Å². The van der Waals surface area contributed by atoms with Gasteiger partial charge in [0.2, 0.25) is 0 Å². The van der Waals surface area contributed by atoms with Crippen molar-refractivity contribution in [2.45, 2.75) is 103 Å². The molecule has 6 heteroatoms. The van der Waals surface area contributed by atoms with Gasteiger partial charge in [0.1, 0.15) is 11.5 Å². The van der Waals surface area contributed by atoms with Crippen molar-refractivity contribution in [3.05, 3.63) is 77.1 Å². The maximum atomic E-state index is 13.5. The van der Waals surface area contributed by atoms with Gasteiger partial charge in [-0.15, -0.1) is 0 Å². The fourth-order valence-electron chi connectivity index (χ4n) is 5.81. The Morgan fingerprint density at radius 1 is 0.814 bits per heavy atom. The number of hydrogen-bond donors (Lipinski definition) is 1. The minimum Gasteiger partial charge on any atom is -0.503 e. The predicted octanol–water partition coefficient (Wildman–Crippen LogP) is 9.16. The topological polar surface area (TPSA) is 76.1 Å². The third-order valence-electron chi connectivity index (χ3n) is 8.28. The van der Waals surface area contributed by atoms with Crippen LogP contribution in [-0.2, 0) is 9.59 Å². The molecule has 0 saturated heterocycles. The SMILES string of the molecule is CCCCCCCCCCCCCCCCN1C(=O)C(O)=C(C(=O)/C=C/c2ccccc2)[C@@H]1c1cc(OC)ccc1OC. The van der Waals surface area contributed by atoms with Crippen molar-refractivity contribution >= 4 is 17.8 Å². The van der Waals surface area contributed by atoms with Crippen molar-refractivity contribution in [2.75, 3.05) is 20.8 Å². The van der Waals surface area contributed by atoms with E-state index in [-0.39, 0.29) is 5.57 Å². The third-order valence-corrected chi connectivity index (χ3v) is 8.28. The lowest BCUT2D eigenvalue weighted by atomic mass is 9.94. The zero-order valence-corrected chi connectivity index (χ0v) is 26.5. The molecule has 1 heterocycles. The van der Waals surface area contributed by atoms with Crippen LogP contribution in [0, 0.1) is 0 Å². The first kappa shape index (κ1) is 34.0. The number of rotatable bonds is 21. The summed E-state index contributed by atoms with van der Waals surface area (Å²) in [5.74, 6) is -0.327. The zero-order chi connectivity index (χ0) is 30.9. The van der Waals surface area contributed by atoms with E-state index in [4.69, 9.17) is 9.47 Å². The van der Waals surface area contributed by atoms with Crippen LogP contribution in [0.4, 0.5) is 0 Å². The molecule has 234 valence electrons. The average Bonchev–Trinajstić information content (AvgIpc) is 3.29. The molecule has 0 aromatic heterocycles. The second kappa shape index (κ2) is 18.9. The van der Waals surface area contributed by atoms with E-state index in [2.05, 4.69) is 6.92 Å². The molecular weight excluding hydrogens is 538 g/mol. The molecule has 2 aromatic carbocycles. The summed E-state index contributed by atoms with van der Waals surface area (Å²) in [6.45, 7) is 2.70. The van der Waals surface area contributed by atoms with Gasteiger partial charge in [0.15, 0.2) is 11.5 Å². The molecule has 1 N–H and O–H groups in total. The van der Waals surface area contributed by atoms with Crippen molar-refractivity contribution in [2.24, 2.45) is 0 Å². The van der Waals surface area contributed by atoms with Gasteiger partial charge in [0.25, 0.3) is 5.91 Å². The standard InChI is InChI=1S/C37H51NO5/c1-4-5-6-7-8-9-10-11-12-13-14-15-16-20-27-38-35(31-28-30(42-2)24-26-33(31)43-3)34(36(40)37(38)41)32(39)25-23-29-21-18-17-19-22-29/h17-19,21-26,28,35,40H,4-16,20,27H2,1-3H3/b25-23+/t35-/m0/s1. The Morgan fingerprint density at radius 2 is 1.40 bits per heavy atom. The second-order valence-corrected chi connectivity index (χ2v) is 11.5. The number of amides is 1. The van der Waals surface area contributed by atoms with Crippen LogP contribution in [0.15, 0.2) is 65.9 Å². The first-order chi connectivity index (χ1) is 21.0. The Kier molecular flexibility index (Phi) is 14.9. The van der Waals surface area contributed by atoms with Crippen molar-refractivity contribution in [1.82, 2.24) is 4.90 Å². The van der Waals surface area contributed by atoms with Gasteiger partial charge in [-0.25, -0.2) is 0 Å². The molecule has 1 aliphatic rings. The smallest absolute Gasteiger partial charge is 0.290 e. The molecule has 6 nitrogen and oxygen atoms in total. The maximum absolute atomic E-state index is 13.5. The highest BCUT2D eigenvalue weighted by Crippen LogP contribution is 2.43. The number of allylic oxidation sites excluding steroid dienone is 1. The largest absolute Gasteiger partial charge is 0.503 e. The number of methoxy groups -OCH3 is 2. The summed E-state index contributed by atoms with van der Waals surface area (Å²) in [5, 5.41) is 11.0. The number of nitrogens with zero attached hydrogens (tertiary/aromatic N) is 1. The van der Waals surface area contributed by atoms with Crippen LogP contribution in [0.3, 0.4) is 0 Å². The van der Waals surface area contributed by atoms with Crippen LogP contribution >= 0.6 is 0 Å². The molecule has 0 bridgehead atoms. The number of benzene rings is 2. The number of carbonyl (C=O) groups excluding carboxylic acids is 2. The highest BCUT2D eigenvalue weighted by Gasteiger charge is 2.43. The van der Waals surface area contributed by atoms with E-state index in [1.54, 1.807) is 43.4 Å². The van der Waals surface area contributed by atoms with Gasteiger partial charge in [-0.1, -0.05) is 127 Å². The number of carbonyl (C=O) groups is 2. The van der Waals surface area contributed by atoms with Crippen molar-refractivity contribution in [3.63, 3.8) is 0 Å². The molecule has 3 rings (SSSR count). The Bertz CT molecular complexity index is 1200. The first-order valence-electron chi connectivity index (χ1n) is 16.2. The lowest BCUT2D eigenvalue weighted by Gasteiger charge is -2.28. The highest BCUT2D eigenvalue weighted by atomic mass is 16.5. The predicted molar refractivity (Wildman–Crippen MR) is 174 cm³/mol. The summed E-state index contributed by atoms with van der Waals surface area (Å²) < 4.78 is 11.1. The Morgan fingerprint density at radius 3 is 1.95 bits per heavy atom. The van der Waals surface area contributed by atoms with Crippen LogP contribution in [0.2, 0.25) is 0 Å². The van der Waals surface area contributed by atoms with E-state index in [9.17, 15) is 14.7 Å². The van der Waals surface area contributed by atoms with Gasteiger partial charge in [-0.3, -0.25) is 9.59 Å². The van der Waals surface area contributed by atoms with Crippen LogP contribution in [0.1, 0.15) is 114 Å². The van der Waals surface area contributed by atoms with E-state index in [1.165, 1.54) is 76.7 Å². The fourth-order valence-corrected chi connectivity index (χ4v) is 5.81. The normalized spacial score (nSPS) is 15.1.